The fraction of sp³-hybridized carbons (Fsp3) is 0.400. The molecule has 0 saturated carbocycles. The number of aromatic nitrogens is 1. The molecule has 170 valence electrons. The average Bonchev–Trinajstić information content (AvgIpc) is 3.20. The third kappa shape index (κ3) is 4.67. The molecular formula is C25H30N2O5. The molecule has 0 radical (unpaired) electrons. The maximum absolute atomic E-state index is 9.92. The van der Waals surface area contributed by atoms with Crippen molar-refractivity contribution in [3.63, 3.8) is 0 Å². The Bertz CT molecular complexity index is 1050. The molecule has 1 unspecified atom stereocenters. The summed E-state index contributed by atoms with van der Waals surface area (Å²) in [6, 6.07) is 13.4. The first-order valence-electron chi connectivity index (χ1n) is 10.9. The van der Waals surface area contributed by atoms with Crippen LogP contribution in [-0.4, -0.2) is 43.0 Å². The first-order chi connectivity index (χ1) is 15.6. The maximum atomic E-state index is 9.92. The van der Waals surface area contributed by atoms with E-state index in [9.17, 15) is 5.11 Å². The van der Waals surface area contributed by atoms with E-state index in [0.717, 1.165) is 49.2 Å². The third-order valence-corrected chi connectivity index (χ3v) is 6.03. The minimum atomic E-state index is 0.153. The van der Waals surface area contributed by atoms with E-state index in [-0.39, 0.29) is 11.8 Å². The second-order valence-electron chi connectivity index (χ2n) is 8.03. The fourth-order valence-corrected chi connectivity index (χ4v) is 4.32. The molecule has 1 saturated heterocycles. The molecule has 0 bridgehead atoms. The average molecular weight is 439 g/mol. The summed E-state index contributed by atoms with van der Waals surface area (Å²) in [6.45, 7) is 1.73. The van der Waals surface area contributed by atoms with Crippen LogP contribution >= 0.6 is 0 Å². The third-order valence-electron chi connectivity index (χ3n) is 6.03. The van der Waals surface area contributed by atoms with Crippen LogP contribution in [0.5, 0.6) is 23.0 Å². The van der Waals surface area contributed by atoms with Gasteiger partial charge in [-0.15, -0.1) is 0 Å². The van der Waals surface area contributed by atoms with Crippen LogP contribution in [0, 0.1) is 0 Å². The van der Waals surface area contributed by atoms with Crippen LogP contribution in [0.2, 0.25) is 0 Å². The lowest BCUT2D eigenvalue weighted by atomic mass is 10.0. The van der Waals surface area contributed by atoms with Crippen LogP contribution in [-0.2, 0) is 6.54 Å². The van der Waals surface area contributed by atoms with Gasteiger partial charge < -0.3 is 23.8 Å². The Balaban J connectivity index is 1.59. The van der Waals surface area contributed by atoms with Crippen molar-refractivity contribution in [3.05, 3.63) is 53.7 Å². The monoisotopic (exact) mass is 438 g/mol. The quantitative estimate of drug-likeness (QED) is 0.544. The van der Waals surface area contributed by atoms with Crippen molar-refractivity contribution in [2.75, 3.05) is 27.9 Å². The molecule has 1 fully saturated rings. The van der Waals surface area contributed by atoms with Gasteiger partial charge in [0.2, 0.25) is 0 Å². The molecule has 2 aromatic carbocycles. The van der Waals surface area contributed by atoms with Crippen molar-refractivity contribution < 1.29 is 23.8 Å². The van der Waals surface area contributed by atoms with Gasteiger partial charge in [-0.1, -0.05) is 24.1 Å². The highest BCUT2D eigenvalue weighted by Gasteiger charge is 2.26. The minimum Gasteiger partial charge on any atom is -0.504 e. The number of rotatable bonds is 7. The minimum absolute atomic E-state index is 0.153. The lowest BCUT2D eigenvalue weighted by Gasteiger charge is -2.28. The zero-order chi connectivity index (χ0) is 22.5. The van der Waals surface area contributed by atoms with Crippen molar-refractivity contribution >= 4 is 0 Å². The number of phenolic OH excluding ortho intramolecular Hbond substituents is 1. The number of benzene rings is 2. The lowest BCUT2D eigenvalue weighted by Crippen LogP contribution is -2.28. The van der Waals surface area contributed by atoms with Gasteiger partial charge in [-0.25, -0.2) is 0 Å². The Morgan fingerprint density at radius 2 is 1.75 bits per heavy atom. The number of nitrogens with zero attached hydrogens (tertiary/aromatic N) is 2. The molecule has 3 aromatic rings. The van der Waals surface area contributed by atoms with E-state index in [1.165, 1.54) is 6.42 Å². The predicted molar refractivity (Wildman–Crippen MR) is 121 cm³/mol. The largest absolute Gasteiger partial charge is 0.504 e. The van der Waals surface area contributed by atoms with E-state index in [0.29, 0.717) is 23.0 Å². The van der Waals surface area contributed by atoms with Crippen LogP contribution in [0.4, 0.5) is 0 Å². The predicted octanol–water partition coefficient (Wildman–Crippen LogP) is 5.19. The highest BCUT2D eigenvalue weighted by molar-refractivity contribution is 5.62. The van der Waals surface area contributed by atoms with Gasteiger partial charge in [-0.05, 0) is 55.3 Å². The summed E-state index contributed by atoms with van der Waals surface area (Å²) in [7, 11) is 4.81. The van der Waals surface area contributed by atoms with Gasteiger partial charge in [-0.3, -0.25) is 4.90 Å². The first-order valence-corrected chi connectivity index (χ1v) is 10.9. The molecule has 7 heteroatoms. The summed E-state index contributed by atoms with van der Waals surface area (Å²) in [5, 5.41) is 14.4. The number of methoxy groups -OCH3 is 3. The number of phenols is 1. The first kappa shape index (κ1) is 22.0. The summed E-state index contributed by atoms with van der Waals surface area (Å²) in [5.74, 6) is 2.68. The van der Waals surface area contributed by atoms with Crippen molar-refractivity contribution in [1.29, 1.82) is 0 Å². The van der Waals surface area contributed by atoms with Gasteiger partial charge >= 0.3 is 0 Å². The standard InChI is InChI=1S/C25H30N2O5/c1-29-22-11-9-18(14-25(22)31-3)23-15-19(26-32-23)20-7-5-4-6-12-27(20)16-17-8-10-21(28)24(13-17)30-2/h8-11,13-15,20,28H,4-7,12,16H2,1-3H3. The molecule has 1 atom stereocenters. The number of likely N-dealkylation sites (tertiary alicyclic amines) is 1. The fourth-order valence-electron chi connectivity index (χ4n) is 4.32. The van der Waals surface area contributed by atoms with Gasteiger partial charge in [0.15, 0.2) is 28.8 Å². The molecule has 32 heavy (non-hydrogen) atoms. The molecule has 2 heterocycles. The van der Waals surface area contributed by atoms with Gasteiger partial charge in [0.1, 0.15) is 5.69 Å². The summed E-state index contributed by atoms with van der Waals surface area (Å²) >= 11 is 0. The number of ether oxygens (including phenoxy) is 3. The molecule has 4 rings (SSSR count). The second kappa shape index (κ2) is 9.96. The van der Waals surface area contributed by atoms with Crippen LogP contribution in [0.1, 0.15) is 43.0 Å². The van der Waals surface area contributed by atoms with Gasteiger partial charge in [0, 0.05) is 18.2 Å². The zero-order valence-corrected chi connectivity index (χ0v) is 18.8. The van der Waals surface area contributed by atoms with E-state index in [1.54, 1.807) is 27.4 Å². The second-order valence-corrected chi connectivity index (χ2v) is 8.03. The van der Waals surface area contributed by atoms with Crippen LogP contribution < -0.4 is 14.2 Å². The van der Waals surface area contributed by atoms with Crippen molar-refractivity contribution in [2.24, 2.45) is 0 Å². The van der Waals surface area contributed by atoms with E-state index in [4.69, 9.17) is 18.7 Å². The SMILES string of the molecule is COc1cc(CN2CCCCCC2c2cc(-c3ccc(OC)c(OC)c3)on2)ccc1O. The molecule has 0 aliphatic carbocycles. The number of hydrogen-bond acceptors (Lipinski definition) is 7. The van der Waals surface area contributed by atoms with Crippen molar-refractivity contribution in [2.45, 2.75) is 38.3 Å². The van der Waals surface area contributed by atoms with Crippen LogP contribution in [0.3, 0.4) is 0 Å². The molecule has 0 amide bonds. The summed E-state index contributed by atoms with van der Waals surface area (Å²) in [5.41, 5.74) is 2.92. The van der Waals surface area contributed by atoms with Crippen molar-refractivity contribution in [1.82, 2.24) is 10.1 Å². The van der Waals surface area contributed by atoms with E-state index in [1.807, 2.05) is 36.4 Å². The Kier molecular flexibility index (Phi) is 6.85. The molecule has 1 aliphatic heterocycles. The molecule has 1 aromatic heterocycles. The van der Waals surface area contributed by atoms with Crippen LogP contribution in [0.15, 0.2) is 47.0 Å². The molecule has 0 spiro atoms. The van der Waals surface area contributed by atoms with Gasteiger partial charge in [0.05, 0.1) is 27.4 Å². The van der Waals surface area contributed by atoms with Crippen molar-refractivity contribution in [3.8, 4) is 34.3 Å². The topological polar surface area (TPSA) is 77.2 Å². The highest BCUT2D eigenvalue weighted by Crippen LogP contribution is 2.36. The van der Waals surface area contributed by atoms with E-state index in [2.05, 4.69) is 10.1 Å². The molecule has 1 N–H and O–H groups in total. The number of hydrogen-bond donors (Lipinski definition) is 1. The Hall–Kier alpha value is -3.19. The highest BCUT2D eigenvalue weighted by atomic mass is 16.5. The van der Waals surface area contributed by atoms with E-state index >= 15 is 0 Å². The Labute approximate surface area is 188 Å². The Morgan fingerprint density at radius 3 is 2.53 bits per heavy atom. The van der Waals surface area contributed by atoms with Gasteiger partial charge in [-0.2, -0.15) is 0 Å². The molecule has 1 aliphatic rings. The zero-order valence-electron chi connectivity index (χ0n) is 18.8. The smallest absolute Gasteiger partial charge is 0.167 e. The molecular weight excluding hydrogens is 408 g/mol. The van der Waals surface area contributed by atoms with Crippen LogP contribution in [0.25, 0.3) is 11.3 Å². The number of aromatic hydroxyl groups is 1. The Morgan fingerprint density at radius 1 is 0.938 bits per heavy atom. The summed E-state index contributed by atoms with van der Waals surface area (Å²) in [6.07, 6.45) is 4.52. The van der Waals surface area contributed by atoms with E-state index < -0.39 is 0 Å². The summed E-state index contributed by atoms with van der Waals surface area (Å²) in [4.78, 5) is 2.44. The maximum Gasteiger partial charge on any atom is 0.167 e. The van der Waals surface area contributed by atoms with Gasteiger partial charge in [0.25, 0.3) is 0 Å². The normalized spacial score (nSPS) is 17.0. The summed E-state index contributed by atoms with van der Waals surface area (Å²) < 4.78 is 21.8. The lowest BCUT2D eigenvalue weighted by molar-refractivity contribution is 0.184. The molecule has 7 nitrogen and oxygen atoms in total.